The molecule has 6 heteroatoms. The van der Waals surface area contributed by atoms with Crippen LogP contribution in [-0.2, 0) is 6.54 Å². The Morgan fingerprint density at radius 3 is 2.56 bits per heavy atom. The van der Waals surface area contributed by atoms with Crippen molar-refractivity contribution in [2.75, 3.05) is 0 Å². The average molecular weight is 226 g/mol. The van der Waals surface area contributed by atoms with Crippen LogP contribution in [-0.4, -0.2) is 20.2 Å². The van der Waals surface area contributed by atoms with Crippen molar-refractivity contribution in [1.82, 2.24) is 4.57 Å². The minimum atomic E-state index is -1.09. The number of hydrogen-bond donors (Lipinski definition) is 1. The summed E-state index contributed by atoms with van der Waals surface area (Å²) in [4.78, 5) is 21.7. The first-order valence-corrected chi connectivity index (χ1v) is 4.78. The first-order valence-electron chi connectivity index (χ1n) is 4.78. The Labute approximate surface area is 92.3 Å². The van der Waals surface area contributed by atoms with Gasteiger partial charge in [-0.1, -0.05) is 0 Å². The Kier molecular flexibility index (Phi) is 3.14. The zero-order chi connectivity index (χ0) is 12.5. The van der Waals surface area contributed by atoms with Gasteiger partial charge in [0.25, 0.3) is 11.2 Å². The van der Waals surface area contributed by atoms with E-state index in [9.17, 15) is 20.0 Å². The number of rotatable bonds is 3. The molecule has 0 radical (unpaired) electrons. The Balaban J connectivity index is 3.26. The first-order chi connectivity index (χ1) is 7.20. The third-order valence-electron chi connectivity index (χ3n) is 2.06. The Bertz CT molecular complexity index is 471. The minimum Gasteiger partial charge on any atom is -0.389 e. The quantitative estimate of drug-likeness (QED) is 0.611. The number of aliphatic hydroxyl groups is 1. The monoisotopic (exact) mass is 226 g/mol. The van der Waals surface area contributed by atoms with Gasteiger partial charge < -0.3 is 9.67 Å². The van der Waals surface area contributed by atoms with Gasteiger partial charge in [-0.15, -0.1) is 0 Å². The molecule has 0 saturated carbocycles. The van der Waals surface area contributed by atoms with Crippen LogP contribution in [0.3, 0.4) is 0 Å². The van der Waals surface area contributed by atoms with Gasteiger partial charge in [0.1, 0.15) is 0 Å². The van der Waals surface area contributed by atoms with E-state index in [1.165, 1.54) is 26.8 Å². The second-order valence-corrected chi connectivity index (χ2v) is 4.38. The van der Waals surface area contributed by atoms with E-state index in [4.69, 9.17) is 0 Å². The normalized spacial score (nSPS) is 11.5. The SMILES string of the molecule is Cc1cc(=O)n(CC(C)(C)O)cc1[N+](=O)[O-]. The molecular weight excluding hydrogens is 212 g/mol. The lowest BCUT2D eigenvalue weighted by Gasteiger charge is -2.18. The molecule has 0 unspecified atom stereocenters. The van der Waals surface area contributed by atoms with Crippen molar-refractivity contribution in [1.29, 1.82) is 0 Å². The molecule has 0 aliphatic carbocycles. The van der Waals surface area contributed by atoms with E-state index >= 15 is 0 Å². The van der Waals surface area contributed by atoms with E-state index in [0.29, 0.717) is 5.56 Å². The highest BCUT2D eigenvalue weighted by Crippen LogP contribution is 2.15. The molecule has 0 aliphatic rings. The topological polar surface area (TPSA) is 85.4 Å². The van der Waals surface area contributed by atoms with Crippen LogP contribution in [0.5, 0.6) is 0 Å². The van der Waals surface area contributed by atoms with Crippen LogP contribution in [0.25, 0.3) is 0 Å². The highest BCUT2D eigenvalue weighted by molar-refractivity contribution is 5.35. The number of aryl methyl sites for hydroxylation is 1. The predicted octanol–water partition coefficient (Wildman–Crippen LogP) is 0.836. The second-order valence-electron chi connectivity index (χ2n) is 4.38. The molecule has 1 aromatic rings. The summed E-state index contributed by atoms with van der Waals surface area (Å²) in [6.07, 6.45) is 1.16. The van der Waals surface area contributed by atoms with Crippen molar-refractivity contribution in [3.8, 4) is 0 Å². The van der Waals surface area contributed by atoms with E-state index < -0.39 is 10.5 Å². The van der Waals surface area contributed by atoms with Crippen molar-refractivity contribution < 1.29 is 10.0 Å². The van der Waals surface area contributed by atoms with Crippen LogP contribution in [0, 0.1) is 17.0 Å². The summed E-state index contributed by atoms with van der Waals surface area (Å²) in [5.41, 5.74) is -1.25. The summed E-state index contributed by atoms with van der Waals surface area (Å²) >= 11 is 0. The number of aromatic nitrogens is 1. The van der Waals surface area contributed by atoms with Gasteiger partial charge in [0.15, 0.2) is 0 Å². The van der Waals surface area contributed by atoms with Crippen molar-refractivity contribution in [2.45, 2.75) is 32.9 Å². The van der Waals surface area contributed by atoms with Gasteiger partial charge in [0.05, 0.1) is 23.3 Å². The van der Waals surface area contributed by atoms with Gasteiger partial charge in [-0.25, -0.2) is 0 Å². The maximum absolute atomic E-state index is 11.5. The summed E-state index contributed by atoms with van der Waals surface area (Å²) in [7, 11) is 0. The van der Waals surface area contributed by atoms with Crippen LogP contribution < -0.4 is 5.56 Å². The van der Waals surface area contributed by atoms with Crippen molar-refractivity contribution in [3.05, 3.63) is 38.3 Å². The smallest absolute Gasteiger partial charge is 0.288 e. The summed E-state index contributed by atoms with van der Waals surface area (Å²) in [6, 6.07) is 1.20. The molecule has 1 rings (SSSR count). The van der Waals surface area contributed by atoms with Crippen LogP contribution in [0.4, 0.5) is 5.69 Å². The fourth-order valence-corrected chi connectivity index (χ4v) is 1.39. The van der Waals surface area contributed by atoms with Crippen molar-refractivity contribution >= 4 is 5.69 Å². The molecule has 0 aromatic carbocycles. The van der Waals surface area contributed by atoms with E-state index in [-0.39, 0.29) is 17.8 Å². The van der Waals surface area contributed by atoms with Crippen LogP contribution in [0.2, 0.25) is 0 Å². The lowest BCUT2D eigenvalue weighted by molar-refractivity contribution is -0.386. The van der Waals surface area contributed by atoms with Gasteiger partial charge in [-0.05, 0) is 20.8 Å². The Morgan fingerprint density at radius 2 is 2.12 bits per heavy atom. The lowest BCUT2D eigenvalue weighted by Crippen LogP contribution is -2.32. The molecule has 1 aromatic heterocycles. The highest BCUT2D eigenvalue weighted by atomic mass is 16.6. The highest BCUT2D eigenvalue weighted by Gasteiger charge is 2.18. The van der Waals surface area contributed by atoms with Crippen LogP contribution in [0.15, 0.2) is 17.1 Å². The van der Waals surface area contributed by atoms with Crippen LogP contribution in [0.1, 0.15) is 19.4 Å². The summed E-state index contributed by atoms with van der Waals surface area (Å²) in [5, 5.41) is 20.2. The van der Waals surface area contributed by atoms with E-state index in [1.54, 1.807) is 0 Å². The molecule has 0 aliphatic heterocycles. The summed E-state index contributed by atoms with van der Waals surface area (Å²) in [6.45, 7) is 4.59. The zero-order valence-electron chi connectivity index (χ0n) is 9.43. The molecule has 0 amide bonds. The second kappa shape index (κ2) is 4.05. The fraction of sp³-hybridized carbons (Fsp3) is 0.500. The molecule has 16 heavy (non-hydrogen) atoms. The van der Waals surface area contributed by atoms with Gasteiger partial charge in [-0.3, -0.25) is 14.9 Å². The van der Waals surface area contributed by atoms with Gasteiger partial charge in [0.2, 0.25) is 0 Å². The lowest BCUT2D eigenvalue weighted by atomic mass is 10.1. The zero-order valence-corrected chi connectivity index (χ0v) is 9.43. The van der Waals surface area contributed by atoms with Crippen molar-refractivity contribution in [2.24, 2.45) is 0 Å². The van der Waals surface area contributed by atoms with E-state index in [0.717, 1.165) is 10.8 Å². The fourth-order valence-electron chi connectivity index (χ4n) is 1.39. The number of nitro groups is 1. The molecule has 0 saturated heterocycles. The third kappa shape index (κ3) is 2.90. The van der Waals surface area contributed by atoms with Gasteiger partial charge >= 0.3 is 0 Å². The first kappa shape index (κ1) is 12.4. The number of pyridine rings is 1. The average Bonchev–Trinajstić information content (AvgIpc) is 2.07. The summed E-state index contributed by atoms with van der Waals surface area (Å²) in [5.74, 6) is 0. The Hall–Kier alpha value is -1.69. The molecule has 0 fully saturated rings. The van der Waals surface area contributed by atoms with E-state index in [2.05, 4.69) is 0 Å². The van der Waals surface area contributed by atoms with Gasteiger partial charge in [0, 0.05) is 11.6 Å². The minimum absolute atomic E-state index is 0.0208. The number of nitrogens with zero attached hydrogens (tertiary/aromatic N) is 2. The van der Waals surface area contributed by atoms with Crippen LogP contribution >= 0.6 is 0 Å². The molecular formula is C10H14N2O4. The largest absolute Gasteiger partial charge is 0.389 e. The standard InChI is InChI=1S/C10H14N2O4/c1-7-4-9(13)11(6-10(2,3)14)5-8(7)12(15)16/h4-5,14H,6H2,1-3H3. The van der Waals surface area contributed by atoms with E-state index in [1.807, 2.05) is 0 Å². The van der Waals surface area contributed by atoms with Gasteiger partial charge in [-0.2, -0.15) is 0 Å². The third-order valence-corrected chi connectivity index (χ3v) is 2.06. The molecule has 1 heterocycles. The molecule has 0 atom stereocenters. The maximum atomic E-state index is 11.5. The number of hydrogen-bond acceptors (Lipinski definition) is 4. The molecule has 0 spiro atoms. The molecule has 0 bridgehead atoms. The Morgan fingerprint density at radius 1 is 1.56 bits per heavy atom. The maximum Gasteiger partial charge on any atom is 0.288 e. The molecule has 88 valence electrons. The van der Waals surface area contributed by atoms with Crippen molar-refractivity contribution in [3.63, 3.8) is 0 Å². The molecule has 6 nitrogen and oxygen atoms in total. The molecule has 1 N–H and O–H groups in total. The summed E-state index contributed by atoms with van der Waals surface area (Å²) < 4.78 is 1.14. The predicted molar refractivity (Wildman–Crippen MR) is 58.4 cm³/mol.